The first-order valence-electron chi connectivity index (χ1n) is 7.10. The highest BCUT2D eigenvalue weighted by atomic mass is 16.5. The Labute approximate surface area is 125 Å². The van der Waals surface area contributed by atoms with E-state index < -0.39 is 6.10 Å². The molecule has 5 nitrogen and oxygen atoms in total. The molecule has 1 amide bonds. The van der Waals surface area contributed by atoms with Crippen LogP contribution in [0.2, 0.25) is 0 Å². The molecule has 5 heteroatoms. The maximum Gasteiger partial charge on any atom is 0.260 e. The van der Waals surface area contributed by atoms with Crippen molar-refractivity contribution in [1.29, 1.82) is 5.26 Å². The highest BCUT2D eigenvalue weighted by Gasteiger charge is 2.19. The number of hydrogen-bond acceptors (Lipinski definition) is 4. The van der Waals surface area contributed by atoms with Crippen molar-refractivity contribution in [1.82, 2.24) is 5.32 Å². The second kappa shape index (κ2) is 8.15. The van der Waals surface area contributed by atoms with E-state index >= 15 is 0 Å². The van der Waals surface area contributed by atoms with Crippen LogP contribution in [0.25, 0.3) is 0 Å². The molecular formula is C16H22N2O3. The van der Waals surface area contributed by atoms with Gasteiger partial charge in [-0.05, 0) is 31.9 Å². The van der Waals surface area contributed by atoms with Gasteiger partial charge < -0.3 is 14.8 Å². The number of benzene rings is 1. The zero-order chi connectivity index (χ0) is 15.8. The van der Waals surface area contributed by atoms with Crippen LogP contribution < -0.4 is 14.8 Å². The quantitative estimate of drug-likeness (QED) is 0.838. The zero-order valence-electron chi connectivity index (χ0n) is 13.0. The van der Waals surface area contributed by atoms with Crippen molar-refractivity contribution in [2.75, 3.05) is 7.11 Å². The average molecular weight is 290 g/mol. The van der Waals surface area contributed by atoms with E-state index in [1.165, 1.54) is 7.11 Å². The summed E-state index contributed by atoms with van der Waals surface area (Å²) in [5.41, 5.74) is 0.480. The van der Waals surface area contributed by atoms with Crippen molar-refractivity contribution in [3.63, 3.8) is 0 Å². The SMILES string of the molecule is CCC(CC)NC(=O)C(C)Oc1ccc(C#N)cc1OC. The van der Waals surface area contributed by atoms with E-state index in [0.29, 0.717) is 17.1 Å². The molecule has 114 valence electrons. The number of rotatable bonds is 7. The van der Waals surface area contributed by atoms with Gasteiger partial charge >= 0.3 is 0 Å². The lowest BCUT2D eigenvalue weighted by Gasteiger charge is -2.20. The highest BCUT2D eigenvalue weighted by Crippen LogP contribution is 2.28. The van der Waals surface area contributed by atoms with Crippen molar-refractivity contribution in [2.24, 2.45) is 0 Å². The molecule has 1 rings (SSSR count). The molecule has 0 aliphatic rings. The Kier molecular flexibility index (Phi) is 6.54. The molecule has 1 aromatic rings. The predicted octanol–water partition coefficient (Wildman–Crippen LogP) is 2.64. The molecule has 0 saturated heterocycles. The van der Waals surface area contributed by atoms with E-state index in [1.54, 1.807) is 25.1 Å². The van der Waals surface area contributed by atoms with Gasteiger partial charge in [0.1, 0.15) is 0 Å². The van der Waals surface area contributed by atoms with Gasteiger partial charge in [0.05, 0.1) is 18.7 Å². The van der Waals surface area contributed by atoms with Gasteiger partial charge in [-0.3, -0.25) is 4.79 Å². The Hall–Kier alpha value is -2.22. The van der Waals surface area contributed by atoms with Crippen molar-refractivity contribution in [3.8, 4) is 17.6 Å². The number of methoxy groups -OCH3 is 1. The summed E-state index contributed by atoms with van der Waals surface area (Å²) in [7, 11) is 1.50. The van der Waals surface area contributed by atoms with Gasteiger partial charge in [-0.2, -0.15) is 5.26 Å². The topological polar surface area (TPSA) is 71.3 Å². The molecule has 1 atom stereocenters. The fourth-order valence-corrected chi connectivity index (χ4v) is 1.89. The van der Waals surface area contributed by atoms with Crippen molar-refractivity contribution in [3.05, 3.63) is 23.8 Å². The standard InChI is InChI=1S/C16H22N2O3/c1-5-13(6-2)18-16(19)11(3)21-14-8-7-12(10-17)9-15(14)20-4/h7-9,11,13H,5-6H2,1-4H3,(H,18,19). The molecule has 21 heavy (non-hydrogen) atoms. The normalized spacial score (nSPS) is 11.6. The first-order chi connectivity index (χ1) is 10.0. The molecule has 1 aromatic carbocycles. The summed E-state index contributed by atoms with van der Waals surface area (Å²) < 4.78 is 10.8. The van der Waals surface area contributed by atoms with Crippen LogP contribution in [0.4, 0.5) is 0 Å². The first-order valence-corrected chi connectivity index (χ1v) is 7.10. The molecule has 1 N–H and O–H groups in total. The van der Waals surface area contributed by atoms with Crippen molar-refractivity contribution in [2.45, 2.75) is 45.8 Å². The molecule has 0 bridgehead atoms. The summed E-state index contributed by atoms with van der Waals surface area (Å²) in [4.78, 5) is 12.1. The van der Waals surface area contributed by atoms with E-state index in [2.05, 4.69) is 5.32 Å². The zero-order valence-corrected chi connectivity index (χ0v) is 13.0. The molecule has 0 saturated carbocycles. The average Bonchev–Trinajstić information content (AvgIpc) is 2.52. The molecule has 0 aromatic heterocycles. The minimum atomic E-state index is -0.632. The number of carbonyl (C=O) groups excluding carboxylic acids is 1. The number of nitrogens with one attached hydrogen (secondary N) is 1. The van der Waals surface area contributed by atoms with E-state index in [0.717, 1.165) is 12.8 Å². The molecular weight excluding hydrogens is 268 g/mol. The van der Waals surface area contributed by atoms with Crippen molar-refractivity contribution >= 4 is 5.91 Å². The van der Waals surface area contributed by atoms with Gasteiger partial charge in [0.25, 0.3) is 5.91 Å². The lowest BCUT2D eigenvalue weighted by atomic mass is 10.1. The van der Waals surface area contributed by atoms with Gasteiger partial charge in [0, 0.05) is 12.1 Å². The van der Waals surface area contributed by atoms with Gasteiger partial charge in [-0.1, -0.05) is 13.8 Å². The Morgan fingerprint density at radius 2 is 2.00 bits per heavy atom. The fourth-order valence-electron chi connectivity index (χ4n) is 1.89. The Morgan fingerprint density at radius 1 is 1.33 bits per heavy atom. The fraction of sp³-hybridized carbons (Fsp3) is 0.500. The monoisotopic (exact) mass is 290 g/mol. The minimum absolute atomic E-state index is 0.157. The summed E-state index contributed by atoms with van der Waals surface area (Å²) in [6.45, 7) is 5.75. The number of nitrogens with zero attached hydrogens (tertiary/aromatic N) is 1. The number of hydrogen-bond donors (Lipinski definition) is 1. The van der Waals surface area contributed by atoms with E-state index in [1.807, 2.05) is 19.9 Å². The van der Waals surface area contributed by atoms with Gasteiger partial charge in [0.15, 0.2) is 17.6 Å². The molecule has 0 heterocycles. The number of nitriles is 1. The number of carbonyl (C=O) groups is 1. The highest BCUT2D eigenvalue weighted by molar-refractivity contribution is 5.81. The Bertz CT molecular complexity index is 519. The van der Waals surface area contributed by atoms with Gasteiger partial charge in [-0.15, -0.1) is 0 Å². The summed E-state index contributed by atoms with van der Waals surface area (Å²) in [5.74, 6) is 0.732. The summed E-state index contributed by atoms with van der Waals surface area (Å²) in [5, 5.41) is 11.8. The maximum atomic E-state index is 12.1. The summed E-state index contributed by atoms with van der Waals surface area (Å²) >= 11 is 0. The number of ether oxygens (including phenoxy) is 2. The van der Waals surface area contributed by atoms with E-state index in [-0.39, 0.29) is 11.9 Å². The van der Waals surface area contributed by atoms with Crippen LogP contribution in [0, 0.1) is 11.3 Å². The smallest absolute Gasteiger partial charge is 0.260 e. The number of amides is 1. The van der Waals surface area contributed by atoms with Crippen molar-refractivity contribution < 1.29 is 14.3 Å². The summed E-state index contributed by atoms with van der Waals surface area (Å²) in [6.07, 6.45) is 1.14. The lowest BCUT2D eigenvalue weighted by Crippen LogP contribution is -2.42. The molecule has 0 aliphatic carbocycles. The Balaban J connectivity index is 2.76. The summed E-state index contributed by atoms with van der Waals surface area (Å²) in [6, 6.07) is 7.04. The third kappa shape index (κ3) is 4.67. The third-order valence-corrected chi connectivity index (χ3v) is 3.30. The van der Waals surface area contributed by atoms with Crippen LogP contribution in [0.3, 0.4) is 0 Å². The van der Waals surface area contributed by atoms with Crippen LogP contribution in [-0.2, 0) is 4.79 Å². The Morgan fingerprint density at radius 3 is 2.52 bits per heavy atom. The largest absolute Gasteiger partial charge is 0.493 e. The minimum Gasteiger partial charge on any atom is -0.493 e. The van der Waals surface area contributed by atoms with Crippen LogP contribution in [0.1, 0.15) is 39.2 Å². The molecule has 0 fully saturated rings. The van der Waals surface area contributed by atoms with Crippen LogP contribution in [0.15, 0.2) is 18.2 Å². The maximum absolute atomic E-state index is 12.1. The molecule has 1 unspecified atom stereocenters. The van der Waals surface area contributed by atoms with Crippen LogP contribution in [-0.4, -0.2) is 25.2 Å². The second-order valence-corrected chi connectivity index (χ2v) is 4.76. The van der Waals surface area contributed by atoms with E-state index in [4.69, 9.17) is 14.7 Å². The predicted molar refractivity (Wildman–Crippen MR) is 80.3 cm³/mol. The molecule has 0 spiro atoms. The van der Waals surface area contributed by atoms with Gasteiger partial charge in [0.2, 0.25) is 0 Å². The van der Waals surface area contributed by atoms with Gasteiger partial charge in [-0.25, -0.2) is 0 Å². The molecule has 0 aliphatic heterocycles. The first kappa shape index (κ1) is 16.8. The third-order valence-electron chi connectivity index (χ3n) is 3.30. The second-order valence-electron chi connectivity index (χ2n) is 4.76. The molecule has 0 radical (unpaired) electrons. The van der Waals surface area contributed by atoms with E-state index in [9.17, 15) is 4.79 Å². The van der Waals surface area contributed by atoms with Crippen LogP contribution in [0.5, 0.6) is 11.5 Å². The van der Waals surface area contributed by atoms with Crippen LogP contribution >= 0.6 is 0 Å². The lowest BCUT2D eigenvalue weighted by molar-refractivity contribution is -0.128.